The molecule has 0 atom stereocenters. The normalized spacial score (nSPS) is 11.4. The van der Waals surface area contributed by atoms with E-state index < -0.39 is 0 Å². The Morgan fingerprint density at radius 2 is 1.07 bits per heavy atom. The fourth-order valence-electron chi connectivity index (χ4n) is 5.66. The van der Waals surface area contributed by atoms with Gasteiger partial charge in [-0.05, 0) is 0 Å². The van der Waals surface area contributed by atoms with Gasteiger partial charge in [0.05, 0.1) is 0 Å². The van der Waals surface area contributed by atoms with Crippen LogP contribution in [0.2, 0.25) is 0 Å². The molecule has 2 aromatic heterocycles. The number of aromatic nitrogens is 2. The summed E-state index contributed by atoms with van der Waals surface area (Å²) in [6.45, 7) is 0. The van der Waals surface area contributed by atoms with Gasteiger partial charge in [0, 0.05) is 0 Å². The molecule has 2 heterocycles. The Bertz CT molecular complexity index is 2180. The summed E-state index contributed by atoms with van der Waals surface area (Å²) in [6, 6.07) is 51.7. The third-order valence-electron chi connectivity index (χ3n) is 7.69. The summed E-state index contributed by atoms with van der Waals surface area (Å²) in [5.41, 5.74) is 9.08. The number of fused-ring (bicyclic) bond motifs is 4. The zero-order valence-electron chi connectivity index (χ0n) is 22.2. The molecular formula is C38H24N2Se. The number of rotatable bonds is 4. The van der Waals surface area contributed by atoms with Gasteiger partial charge in [-0.3, -0.25) is 0 Å². The fourth-order valence-corrected chi connectivity index (χ4v) is 8.34. The predicted octanol–water partition coefficient (Wildman–Crippen LogP) is 9.66. The van der Waals surface area contributed by atoms with Crippen molar-refractivity contribution in [3.8, 4) is 44.9 Å². The van der Waals surface area contributed by atoms with Gasteiger partial charge in [0.2, 0.25) is 0 Å². The van der Waals surface area contributed by atoms with Crippen LogP contribution in [0.5, 0.6) is 0 Å². The average Bonchev–Trinajstić information content (AvgIpc) is 3.43. The third-order valence-corrected chi connectivity index (χ3v) is 10.2. The van der Waals surface area contributed by atoms with E-state index in [1.807, 2.05) is 24.3 Å². The van der Waals surface area contributed by atoms with E-state index in [0.29, 0.717) is 0 Å². The molecule has 0 aliphatic rings. The number of hydrogen-bond donors (Lipinski definition) is 0. The van der Waals surface area contributed by atoms with Crippen molar-refractivity contribution >= 4 is 44.7 Å². The van der Waals surface area contributed by atoms with Crippen molar-refractivity contribution in [3.05, 3.63) is 146 Å². The molecule has 0 aliphatic carbocycles. The molecule has 0 radical (unpaired) electrons. The van der Waals surface area contributed by atoms with Gasteiger partial charge in [-0.1, -0.05) is 6.07 Å². The van der Waals surface area contributed by atoms with E-state index >= 15 is 0 Å². The van der Waals surface area contributed by atoms with Crippen molar-refractivity contribution < 1.29 is 0 Å². The summed E-state index contributed by atoms with van der Waals surface area (Å²) in [6.07, 6.45) is 0. The first-order valence-corrected chi connectivity index (χ1v) is 15.5. The summed E-state index contributed by atoms with van der Waals surface area (Å²) in [7, 11) is 0. The summed E-state index contributed by atoms with van der Waals surface area (Å²) < 4.78 is 2.91. The van der Waals surface area contributed by atoms with E-state index in [2.05, 4.69) is 121 Å². The van der Waals surface area contributed by atoms with Crippen molar-refractivity contribution in [2.75, 3.05) is 0 Å². The minimum absolute atomic E-state index is 0.243. The Morgan fingerprint density at radius 1 is 0.415 bits per heavy atom. The molecule has 0 unspecified atom stereocenters. The van der Waals surface area contributed by atoms with Crippen LogP contribution >= 0.6 is 0 Å². The molecule has 3 heteroatoms. The van der Waals surface area contributed by atoms with E-state index in [1.165, 1.54) is 41.5 Å². The molecule has 41 heavy (non-hydrogen) atoms. The first-order valence-electron chi connectivity index (χ1n) is 13.8. The summed E-state index contributed by atoms with van der Waals surface area (Å²) >= 11 is 0.243. The Kier molecular flexibility index (Phi) is 5.84. The van der Waals surface area contributed by atoms with Gasteiger partial charge in [0.25, 0.3) is 0 Å². The Hall–Kier alpha value is -4.82. The fraction of sp³-hybridized carbons (Fsp3) is 0. The van der Waals surface area contributed by atoms with Gasteiger partial charge in [0.1, 0.15) is 0 Å². The molecule has 0 fully saturated rings. The van der Waals surface area contributed by atoms with E-state index in [4.69, 9.17) is 9.97 Å². The van der Waals surface area contributed by atoms with Crippen molar-refractivity contribution in [1.82, 2.24) is 9.97 Å². The molecule has 0 saturated heterocycles. The monoisotopic (exact) mass is 588 g/mol. The van der Waals surface area contributed by atoms with Crippen LogP contribution in [0, 0.1) is 0 Å². The predicted molar refractivity (Wildman–Crippen MR) is 173 cm³/mol. The second-order valence-electron chi connectivity index (χ2n) is 10.2. The maximum atomic E-state index is 5.09. The SMILES string of the molecule is c1ccc(-c2nc(-c3ccccc3)c3cc(-c4ccc5c(c4)[se]c4c(-c6ccccc6)cccc45)ccc3n2)cc1. The van der Waals surface area contributed by atoms with Crippen LogP contribution < -0.4 is 0 Å². The Morgan fingerprint density at radius 3 is 1.83 bits per heavy atom. The summed E-state index contributed by atoms with van der Waals surface area (Å²) in [5, 5.41) is 3.80. The molecular weight excluding hydrogens is 563 g/mol. The average molecular weight is 588 g/mol. The van der Waals surface area contributed by atoms with Crippen LogP contribution in [0.25, 0.3) is 75.1 Å². The number of nitrogens with zero attached hydrogens (tertiary/aromatic N) is 2. The Labute approximate surface area is 244 Å². The molecule has 0 aliphatic heterocycles. The summed E-state index contributed by atoms with van der Waals surface area (Å²) in [5.74, 6) is 0.747. The van der Waals surface area contributed by atoms with Gasteiger partial charge in [0.15, 0.2) is 0 Å². The molecule has 0 saturated carbocycles. The van der Waals surface area contributed by atoms with E-state index in [-0.39, 0.29) is 14.5 Å². The maximum absolute atomic E-state index is 5.09. The van der Waals surface area contributed by atoms with E-state index in [9.17, 15) is 0 Å². The van der Waals surface area contributed by atoms with Gasteiger partial charge in [-0.25, -0.2) is 0 Å². The molecule has 8 rings (SSSR count). The van der Waals surface area contributed by atoms with Crippen LogP contribution in [0.3, 0.4) is 0 Å². The van der Waals surface area contributed by atoms with Crippen molar-refractivity contribution in [1.29, 1.82) is 0 Å². The first kappa shape index (κ1) is 24.0. The van der Waals surface area contributed by atoms with Crippen molar-refractivity contribution in [2.24, 2.45) is 0 Å². The number of benzene rings is 6. The van der Waals surface area contributed by atoms with Crippen LogP contribution in [-0.2, 0) is 0 Å². The van der Waals surface area contributed by atoms with Gasteiger partial charge < -0.3 is 0 Å². The van der Waals surface area contributed by atoms with Gasteiger partial charge in [-0.15, -0.1) is 0 Å². The van der Waals surface area contributed by atoms with Crippen molar-refractivity contribution in [3.63, 3.8) is 0 Å². The van der Waals surface area contributed by atoms with E-state index in [0.717, 1.165) is 33.5 Å². The minimum atomic E-state index is 0.243. The molecule has 8 aromatic rings. The molecule has 0 spiro atoms. The zero-order chi connectivity index (χ0) is 27.2. The van der Waals surface area contributed by atoms with Crippen molar-refractivity contribution in [2.45, 2.75) is 0 Å². The third kappa shape index (κ3) is 4.28. The molecule has 0 amide bonds. The molecule has 6 aromatic carbocycles. The first-order chi connectivity index (χ1) is 20.3. The standard InChI is InChI=1S/C38H24N2Se/c1-4-11-25(12-5-1)30-17-10-18-32-31-21-19-29(24-35(31)41-37(30)32)28-20-22-34-33(23-28)36(26-13-6-2-7-14-26)40-38(39-34)27-15-8-3-9-16-27/h1-24H. The van der Waals surface area contributed by atoms with Crippen LogP contribution in [-0.4, -0.2) is 24.5 Å². The molecule has 192 valence electrons. The zero-order valence-corrected chi connectivity index (χ0v) is 23.9. The Balaban J connectivity index is 1.29. The second kappa shape index (κ2) is 9.98. The molecule has 0 bridgehead atoms. The number of hydrogen-bond acceptors (Lipinski definition) is 2. The summed E-state index contributed by atoms with van der Waals surface area (Å²) in [4.78, 5) is 10.1. The van der Waals surface area contributed by atoms with Crippen LogP contribution in [0.4, 0.5) is 0 Å². The molecule has 2 nitrogen and oxygen atoms in total. The molecule has 0 N–H and O–H groups in total. The topological polar surface area (TPSA) is 25.8 Å². The van der Waals surface area contributed by atoms with E-state index in [1.54, 1.807) is 0 Å². The quantitative estimate of drug-likeness (QED) is 0.192. The second-order valence-corrected chi connectivity index (χ2v) is 12.4. The van der Waals surface area contributed by atoms with Crippen LogP contribution in [0.1, 0.15) is 0 Å². The van der Waals surface area contributed by atoms with Gasteiger partial charge >= 0.3 is 239 Å². The van der Waals surface area contributed by atoms with Crippen LogP contribution in [0.15, 0.2) is 146 Å². The van der Waals surface area contributed by atoms with Gasteiger partial charge in [-0.2, -0.15) is 0 Å².